The average molecular weight is 220 g/mol. The van der Waals surface area contributed by atoms with Gasteiger partial charge in [0.25, 0.3) is 0 Å². The minimum atomic E-state index is -0.398. The fraction of sp³-hybridized carbons (Fsp3) is 0.273. The Labute approximate surface area is 93.3 Å². The van der Waals surface area contributed by atoms with Crippen LogP contribution >= 0.6 is 0 Å². The molecule has 1 amide bonds. The second-order valence-corrected chi connectivity index (χ2v) is 3.26. The van der Waals surface area contributed by atoms with Crippen LogP contribution in [0.2, 0.25) is 0 Å². The van der Waals surface area contributed by atoms with Gasteiger partial charge in [0.15, 0.2) is 0 Å². The molecule has 84 valence electrons. The minimum Gasteiger partial charge on any atom is -0.497 e. The molecule has 0 aliphatic carbocycles. The van der Waals surface area contributed by atoms with Gasteiger partial charge in [-0.1, -0.05) is 0 Å². The molecular weight excluding hydrogens is 208 g/mol. The van der Waals surface area contributed by atoms with Crippen molar-refractivity contribution < 1.29 is 14.3 Å². The van der Waals surface area contributed by atoms with E-state index in [1.165, 1.54) is 5.01 Å². The SMILES string of the molecule is COc1ccc(C=NN2CCOC2=O)cc1. The van der Waals surface area contributed by atoms with Gasteiger partial charge in [-0.3, -0.25) is 0 Å². The Morgan fingerprint density at radius 3 is 2.75 bits per heavy atom. The monoisotopic (exact) mass is 220 g/mol. The van der Waals surface area contributed by atoms with Gasteiger partial charge < -0.3 is 9.47 Å². The first-order valence-electron chi connectivity index (χ1n) is 4.92. The minimum absolute atomic E-state index is 0.398. The molecule has 0 radical (unpaired) electrons. The maximum Gasteiger partial charge on any atom is 0.430 e. The van der Waals surface area contributed by atoms with Gasteiger partial charge in [0.05, 0.1) is 19.9 Å². The Balaban J connectivity index is 2.02. The molecule has 0 saturated carbocycles. The van der Waals surface area contributed by atoms with E-state index in [4.69, 9.17) is 9.47 Å². The van der Waals surface area contributed by atoms with Crippen molar-refractivity contribution in [3.63, 3.8) is 0 Å². The van der Waals surface area contributed by atoms with Gasteiger partial charge in [-0.25, -0.2) is 4.79 Å². The first-order chi connectivity index (χ1) is 7.79. The zero-order valence-electron chi connectivity index (χ0n) is 8.92. The first kappa shape index (κ1) is 10.5. The van der Waals surface area contributed by atoms with Crippen molar-refractivity contribution in [3.05, 3.63) is 29.8 Å². The summed E-state index contributed by atoms with van der Waals surface area (Å²) in [6, 6.07) is 7.40. The number of cyclic esters (lactones) is 1. The Hall–Kier alpha value is -2.04. The number of ether oxygens (including phenoxy) is 2. The summed E-state index contributed by atoms with van der Waals surface area (Å²) in [7, 11) is 1.61. The molecule has 0 atom stereocenters. The normalized spacial score (nSPS) is 15.6. The molecule has 5 heteroatoms. The van der Waals surface area contributed by atoms with Crippen LogP contribution in [0.4, 0.5) is 4.79 Å². The summed E-state index contributed by atoms with van der Waals surface area (Å²) in [4.78, 5) is 11.1. The molecule has 5 nitrogen and oxygen atoms in total. The number of carbonyl (C=O) groups excluding carboxylic acids is 1. The number of hydrogen-bond donors (Lipinski definition) is 0. The molecule has 1 saturated heterocycles. The Morgan fingerprint density at radius 1 is 1.44 bits per heavy atom. The van der Waals surface area contributed by atoms with Crippen molar-refractivity contribution in [1.29, 1.82) is 0 Å². The van der Waals surface area contributed by atoms with E-state index in [0.717, 1.165) is 11.3 Å². The number of hydrazone groups is 1. The van der Waals surface area contributed by atoms with Gasteiger partial charge in [0.2, 0.25) is 0 Å². The summed E-state index contributed by atoms with van der Waals surface area (Å²) in [6.45, 7) is 0.907. The zero-order valence-corrected chi connectivity index (χ0v) is 8.92. The lowest BCUT2D eigenvalue weighted by atomic mass is 10.2. The van der Waals surface area contributed by atoms with E-state index in [9.17, 15) is 4.79 Å². The van der Waals surface area contributed by atoms with E-state index < -0.39 is 6.09 Å². The van der Waals surface area contributed by atoms with Crippen molar-refractivity contribution in [2.45, 2.75) is 0 Å². The molecule has 1 aliphatic heterocycles. The number of hydrogen-bond acceptors (Lipinski definition) is 4. The summed E-state index contributed by atoms with van der Waals surface area (Å²) < 4.78 is 9.78. The summed E-state index contributed by atoms with van der Waals surface area (Å²) >= 11 is 0. The Kier molecular flexibility index (Phi) is 3.05. The third kappa shape index (κ3) is 2.31. The molecule has 0 spiro atoms. The van der Waals surface area contributed by atoms with E-state index in [1.54, 1.807) is 13.3 Å². The molecule has 1 aromatic carbocycles. The fourth-order valence-corrected chi connectivity index (χ4v) is 1.32. The highest BCUT2D eigenvalue weighted by Crippen LogP contribution is 2.10. The van der Waals surface area contributed by atoms with Crippen LogP contribution in [0.5, 0.6) is 5.75 Å². The van der Waals surface area contributed by atoms with E-state index in [1.807, 2.05) is 24.3 Å². The predicted molar refractivity (Wildman–Crippen MR) is 58.6 cm³/mol. The van der Waals surface area contributed by atoms with Crippen LogP contribution in [0.1, 0.15) is 5.56 Å². The van der Waals surface area contributed by atoms with Crippen molar-refractivity contribution in [2.75, 3.05) is 20.3 Å². The van der Waals surface area contributed by atoms with E-state index in [2.05, 4.69) is 5.10 Å². The third-order valence-electron chi connectivity index (χ3n) is 2.20. The molecule has 1 fully saturated rings. The van der Waals surface area contributed by atoms with Crippen molar-refractivity contribution >= 4 is 12.3 Å². The molecule has 0 aromatic heterocycles. The zero-order chi connectivity index (χ0) is 11.4. The second-order valence-electron chi connectivity index (χ2n) is 3.26. The molecule has 0 bridgehead atoms. The average Bonchev–Trinajstić information content (AvgIpc) is 2.73. The van der Waals surface area contributed by atoms with Gasteiger partial charge in [-0.05, 0) is 29.8 Å². The van der Waals surface area contributed by atoms with Crippen LogP contribution in [0, 0.1) is 0 Å². The summed E-state index contributed by atoms with van der Waals surface area (Å²) in [6.07, 6.45) is 1.22. The standard InChI is InChI=1S/C11H12N2O3/c1-15-10-4-2-9(3-5-10)8-12-13-6-7-16-11(13)14/h2-5,8H,6-7H2,1H3. The highest BCUT2D eigenvalue weighted by Gasteiger charge is 2.20. The van der Waals surface area contributed by atoms with Crippen LogP contribution in [0.15, 0.2) is 29.4 Å². The lowest BCUT2D eigenvalue weighted by Crippen LogP contribution is -2.17. The van der Waals surface area contributed by atoms with Gasteiger partial charge in [0.1, 0.15) is 12.4 Å². The largest absolute Gasteiger partial charge is 0.497 e. The molecule has 0 unspecified atom stereocenters. The molecule has 16 heavy (non-hydrogen) atoms. The van der Waals surface area contributed by atoms with E-state index in [0.29, 0.717) is 13.2 Å². The van der Waals surface area contributed by atoms with Crippen LogP contribution in [-0.2, 0) is 4.74 Å². The molecule has 2 rings (SSSR count). The van der Waals surface area contributed by atoms with E-state index >= 15 is 0 Å². The molecular formula is C11H12N2O3. The van der Waals surface area contributed by atoms with Crippen LogP contribution in [0.25, 0.3) is 0 Å². The number of rotatable bonds is 3. The van der Waals surface area contributed by atoms with Gasteiger partial charge in [-0.2, -0.15) is 10.1 Å². The van der Waals surface area contributed by atoms with Crippen molar-refractivity contribution in [1.82, 2.24) is 5.01 Å². The number of carbonyl (C=O) groups is 1. The molecule has 1 aromatic rings. The summed E-state index contributed by atoms with van der Waals surface area (Å²) in [5, 5.41) is 5.32. The Morgan fingerprint density at radius 2 is 2.19 bits per heavy atom. The van der Waals surface area contributed by atoms with Gasteiger partial charge >= 0.3 is 6.09 Å². The predicted octanol–water partition coefficient (Wildman–Crippen LogP) is 1.48. The van der Waals surface area contributed by atoms with Crippen LogP contribution < -0.4 is 4.74 Å². The smallest absolute Gasteiger partial charge is 0.430 e. The maximum atomic E-state index is 11.1. The first-order valence-corrected chi connectivity index (χ1v) is 4.92. The number of methoxy groups -OCH3 is 1. The maximum absolute atomic E-state index is 11.1. The lowest BCUT2D eigenvalue weighted by molar-refractivity contribution is 0.159. The lowest BCUT2D eigenvalue weighted by Gasteiger charge is -2.03. The molecule has 0 N–H and O–H groups in total. The number of amides is 1. The van der Waals surface area contributed by atoms with Gasteiger partial charge in [0, 0.05) is 0 Å². The van der Waals surface area contributed by atoms with Crippen LogP contribution in [-0.4, -0.2) is 37.6 Å². The van der Waals surface area contributed by atoms with Crippen molar-refractivity contribution in [3.8, 4) is 5.75 Å². The highest BCUT2D eigenvalue weighted by molar-refractivity contribution is 5.81. The highest BCUT2D eigenvalue weighted by atomic mass is 16.6. The molecule has 1 heterocycles. The van der Waals surface area contributed by atoms with Crippen molar-refractivity contribution in [2.24, 2.45) is 5.10 Å². The van der Waals surface area contributed by atoms with Gasteiger partial charge in [-0.15, -0.1) is 0 Å². The quantitative estimate of drug-likeness (QED) is 0.725. The fourth-order valence-electron chi connectivity index (χ4n) is 1.32. The topological polar surface area (TPSA) is 51.1 Å². The van der Waals surface area contributed by atoms with Crippen LogP contribution in [0.3, 0.4) is 0 Å². The number of nitrogens with zero attached hydrogens (tertiary/aromatic N) is 2. The Bertz CT molecular complexity index is 400. The second kappa shape index (κ2) is 4.65. The summed E-state index contributed by atoms with van der Waals surface area (Å²) in [5.74, 6) is 0.790. The summed E-state index contributed by atoms with van der Waals surface area (Å²) in [5.41, 5.74) is 0.903. The number of benzene rings is 1. The third-order valence-corrected chi connectivity index (χ3v) is 2.20. The van der Waals surface area contributed by atoms with E-state index in [-0.39, 0.29) is 0 Å². The molecule has 1 aliphatic rings.